The predicted octanol–water partition coefficient (Wildman–Crippen LogP) is 2.70. The smallest absolute Gasteiger partial charge is 0.122 e. The summed E-state index contributed by atoms with van der Waals surface area (Å²) in [6, 6.07) is 5.50. The van der Waals surface area contributed by atoms with Gasteiger partial charge in [0.1, 0.15) is 11.5 Å². The zero-order valence-electron chi connectivity index (χ0n) is 11.6. The Morgan fingerprint density at radius 1 is 1.26 bits per heavy atom. The average molecular weight is 266 g/mol. The molecule has 106 valence electrons. The molecule has 1 N–H and O–H groups in total. The summed E-state index contributed by atoms with van der Waals surface area (Å²) in [5.74, 6) is 1.40. The van der Waals surface area contributed by atoms with Gasteiger partial charge in [0, 0.05) is 12.7 Å². The van der Waals surface area contributed by atoms with E-state index in [1.807, 2.05) is 12.1 Å². The maximum Gasteiger partial charge on any atom is 0.122 e. The fourth-order valence-corrected chi connectivity index (χ4v) is 2.40. The number of methoxy groups -OCH3 is 2. The van der Waals surface area contributed by atoms with Crippen LogP contribution in [0.4, 0.5) is 0 Å². The van der Waals surface area contributed by atoms with E-state index < -0.39 is 6.10 Å². The van der Waals surface area contributed by atoms with Gasteiger partial charge in [-0.15, -0.1) is 0 Å². The van der Waals surface area contributed by atoms with Crippen LogP contribution < -0.4 is 9.47 Å². The van der Waals surface area contributed by atoms with Gasteiger partial charge < -0.3 is 19.3 Å². The van der Waals surface area contributed by atoms with E-state index in [0.717, 1.165) is 31.4 Å². The molecule has 0 spiro atoms. The molecule has 2 unspecified atom stereocenters. The van der Waals surface area contributed by atoms with Crippen molar-refractivity contribution in [2.24, 2.45) is 0 Å². The molecule has 0 bridgehead atoms. The van der Waals surface area contributed by atoms with Crippen LogP contribution in [-0.4, -0.2) is 32.0 Å². The molecular formula is C15H22O4. The van der Waals surface area contributed by atoms with Crippen LogP contribution in [-0.2, 0) is 4.74 Å². The maximum atomic E-state index is 10.3. The van der Waals surface area contributed by atoms with E-state index in [1.54, 1.807) is 20.3 Å². The molecule has 1 aliphatic heterocycles. The van der Waals surface area contributed by atoms with Gasteiger partial charge in [-0.2, -0.15) is 0 Å². The van der Waals surface area contributed by atoms with Crippen LogP contribution in [0.5, 0.6) is 11.5 Å². The van der Waals surface area contributed by atoms with Gasteiger partial charge in [-0.3, -0.25) is 0 Å². The number of hydrogen-bond acceptors (Lipinski definition) is 4. The Labute approximate surface area is 114 Å². The van der Waals surface area contributed by atoms with Gasteiger partial charge in [0.05, 0.1) is 26.4 Å². The molecule has 0 radical (unpaired) electrons. The van der Waals surface area contributed by atoms with Crippen molar-refractivity contribution >= 4 is 0 Å². The summed E-state index contributed by atoms with van der Waals surface area (Å²) >= 11 is 0. The summed E-state index contributed by atoms with van der Waals surface area (Å²) in [6.45, 7) is 0.855. The van der Waals surface area contributed by atoms with Gasteiger partial charge in [0.15, 0.2) is 0 Å². The molecule has 1 aromatic carbocycles. The van der Waals surface area contributed by atoms with Crippen molar-refractivity contribution in [2.75, 3.05) is 20.8 Å². The quantitative estimate of drug-likeness (QED) is 0.860. The van der Waals surface area contributed by atoms with Crippen LogP contribution in [0, 0.1) is 0 Å². The number of rotatable bonds is 6. The van der Waals surface area contributed by atoms with E-state index in [0.29, 0.717) is 24.0 Å². The first-order valence-electron chi connectivity index (χ1n) is 6.75. The van der Waals surface area contributed by atoms with Gasteiger partial charge in [0.2, 0.25) is 0 Å². The van der Waals surface area contributed by atoms with E-state index in [-0.39, 0.29) is 0 Å². The van der Waals surface area contributed by atoms with Crippen LogP contribution in [0.3, 0.4) is 0 Å². The lowest BCUT2D eigenvalue weighted by molar-refractivity contribution is 0.0811. The number of aliphatic hydroxyl groups excluding tert-OH is 1. The van der Waals surface area contributed by atoms with Crippen LogP contribution >= 0.6 is 0 Å². The van der Waals surface area contributed by atoms with Crippen LogP contribution in [0.15, 0.2) is 18.2 Å². The SMILES string of the molecule is COc1cc(OC)cc(C(O)CCC2CCCO2)c1. The largest absolute Gasteiger partial charge is 0.497 e. The highest BCUT2D eigenvalue weighted by Crippen LogP contribution is 2.29. The summed E-state index contributed by atoms with van der Waals surface area (Å²) in [5.41, 5.74) is 0.828. The van der Waals surface area contributed by atoms with Crippen molar-refractivity contribution in [3.63, 3.8) is 0 Å². The van der Waals surface area contributed by atoms with Crippen molar-refractivity contribution < 1.29 is 19.3 Å². The highest BCUT2D eigenvalue weighted by molar-refractivity contribution is 5.39. The molecule has 0 aromatic heterocycles. The summed E-state index contributed by atoms with van der Waals surface area (Å²) in [7, 11) is 3.22. The first kappa shape index (κ1) is 14.2. The first-order chi connectivity index (χ1) is 9.22. The standard InChI is InChI=1S/C15H22O4/c1-17-13-8-11(9-14(10-13)18-2)15(16)6-5-12-4-3-7-19-12/h8-10,12,15-16H,3-7H2,1-2H3. The summed E-state index contributed by atoms with van der Waals surface area (Å²) in [6.07, 6.45) is 3.62. The fourth-order valence-electron chi connectivity index (χ4n) is 2.40. The first-order valence-corrected chi connectivity index (χ1v) is 6.75. The summed E-state index contributed by atoms with van der Waals surface area (Å²) < 4.78 is 16.0. The molecule has 0 saturated carbocycles. The number of aliphatic hydroxyl groups is 1. The Hall–Kier alpha value is -1.26. The van der Waals surface area contributed by atoms with Crippen LogP contribution in [0.1, 0.15) is 37.4 Å². The lowest BCUT2D eigenvalue weighted by atomic mass is 10.0. The van der Waals surface area contributed by atoms with Crippen LogP contribution in [0.2, 0.25) is 0 Å². The van der Waals surface area contributed by atoms with Gasteiger partial charge in [-0.25, -0.2) is 0 Å². The maximum absolute atomic E-state index is 10.3. The van der Waals surface area contributed by atoms with E-state index in [9.17, 15) is 5.11 Å². The second-order valence-electron chi connectivity index (χ2n) is 4.87. The lowest BCUT2D eigenvalue weighted by Gasteiger charge is -2.16. The van der Waals surface area contributed by atoms with Crippen LogP contribution in [0.25, 0.3) is 0 Å². The van der Waals surface area contributed by atoms with Crippen molar-refractivity contribution in [1.29, 1.82) is 0 Å². The monoisotopic (exact) mass is 266 g/mol. The topological polar surface area (TPSA) is 47.9 Å². The fraction of sp³-hybridized carbons (Fsp3) is 0.600. The molecule has 1 fully saturated rings. The lowest BCUT2D eigenvalue weighted by Crippen LogP contribution is -2.08. The number of benzene rings is 1. The zero-order valence-corrected chi connectivity index (χ0v) is 11.6. The number of ether oxygens (including phenoxy) is 3. The Morgan fingerprint density at radius 3 is 2.47 bits per heavy atom. The molecule has 1 aliphatic rings. The Balaban J connectivity index is 1.98. The molecule has 4 heteroatoms. The highest BCUT2D eigenvalue weighted by Gasteiger charge is 2.18. The molecule has 1 heterocycles. The Kier molecular flexibility index (Phi) is 5.05. The van der Waals surface area contributed by atoms with Crippen molar-refractivity contribution in [1.82, 2.24) is 0 Å². The molecule has 2 rings (SSSR count). The molecule has 1 aromatic rings. The Morgan fingerprint density at radius 2 is 1.95 bits per heavy atom. The Bertz CT molecular complexity index is 377. The van der Waals surface area contributed by atoms with E-state index in [2.05, 4.69) is 0 Å². The van der Waals surface area contributed by atoms with Gasteiger partial charge in [0.25, 0.3) is 0 Å². The molecule has 0 aliphatic carbocycles. The second-order valence-corrected chi connectivity index (χ2v) is 4.87. The summed E-state index contributed by atoms with van der Waals surface area (Å²) in [5, 5.41) is 10.3. The van der Waals surface area contributed by atoms with E-state index >= 15 is 0 Å². The number of hydrogen-bond donors (Lipinski definition) is 1. The summed E-state index contributed by atoms with van der Waals surface area (Å²) in [4.78, 5) is 0. The molecule has 0 amide bonds. The third-order valence-electron chi connectivity index (χ3n) is 3.54. The highest BCUT2D eigenvalue weighted by atomic mass is 16.5. The van der Waals surface area contributed by atoms with Gasteiger partial charge in [-0.1, -0.05) is 0 Å². The van der Waals surface area contributed by atoms with Crippen molar-refractivity contribution in [3.8, 4) is 11.5 Å². The molecule has 2 atom stereocenters. The molecular weight excluding hydrogens is 244 g/mol. The second kappa shape index (κ2) is 6.78. The van der Waals surface area contributed by atoms with E-state index in [4.69, 9.17) is 14.2 Å². The normalized spacial score (nSPS) is 20.3. The molecule has 4 nitrogen and oxygen atoms in total. The van der Waals surface area contributed by atoms with E-state index in [1.165, 1.54) is 0 Å². The minimum atomic E-state index is -0.506. The predicted molar refractivity (Wildman–Crippen MR) is 72.7 cm³/mol. The van der Waals surface area contributed by atoms with Gasteiger partial charge >= 0.3 is 0 Å². The average Bonchev–Trinajstić information content (AvgIpc) is 2.97. The zero-order chi connectivity index (χ0) is 13.7. The van der Waals surface area contributed by atoms with Crippen molar-refractivity contribution in [2.45, 2.75) is 37.9 Å². The molecule has 19 heavy (non-hydrogen) atoms. The third-order valence-corrected chi connectivity index (χ3v) is 3.54. The van der Waals surface area contributed by atoms with Crippen molar-refractivity contribution in [3.05, 3.63) is 23.8 Å². The minimum absolute atomic E-state index is 0.308. The van der Waals surface area contributed by atoms with Gasteiger partial charge in [-0.05, 0) is 43.4 Å². The third kappa shape index (κ3) is 3.85. The minimum Gasteiger partial charge on any atom is -0.497 e. The molecule has 1 saturated heterocycles.